The lowest BCUT2D eigenvalue weighted by molar-refractivity contribution is 0.0950. The summed E-state index contributed by atoms with van der Waals surface area (Å²) >= 11 is 0. The number of nitrogens with one attached hydrogen (secondary N) is 2. The molecule has 0 bridgehead atoms. The molecule has 3 rings (SSSR count). The van der Waals surface area contributed by atoms with E-state index in [4.69, 9.17) is 9.15 Å². The number of aryl methyl sites for hydroxylation is 1. The Hall–Kier alpha value is -3.02. The van der Waals surface area contributed by atoms with Crippen molar-refractivity contribution in [1.29, 1.82) is 0 Å². The molecule has 2 aromatic heterocycles. The van der Waals surface area contributed by atoms with Crippen LogP contribution >= 0.6 is 0 Å². The predicted molar refractivity (Wildman–Crippen MR) is 85.2 cm³/mol. The van der Waals surface area contributed by atoms with Crippen molar-refractivity contribution in [1.82, 2.24) is 15.5 Å². The number of para-hydroxylation sites is 1. The quantitative estimate of drug-likeness (QED) is 0.759. The van der Waals surface area contributed by atoms with E-state index in [-0.39, 0.29) is 5.91 Å². The van der Waals surface area contributed by atoms with Gasteiger partial charge in [0.25, 0.3) is 5.91 Å². The second-order valence-electron chi connectivity index (χ2n) is 5.04. The van der Waals surface area contributed by atoms with Crippen molar-refractivity contribution in [2.24, 2.45) is 0 Å². The highest BCUT2D eigenvalue weighted by Gasteiger charge is 2.21. The van der Waals surface area contributed by atoms with Gasteiger partial charge in [-0.25, -0.2) is 0 Å². The summed E-state index contributed by atoms with van der Waals surface area (Å²) in [5.74, 6) is 1.08. The third kappa shape index (κ3) is 2.96. The zero-order valence-electron chi connectivity index (χ0n) is 12.9. The number of amides is 1. The van der Waals surface area contributed by atoms with Gasteiger partial charge in [0.15, 0.2) is 5.76 Å². The Morgan fingerprint density at radius 2 is 2.13 bits per heavy atom. The number of ether oxygens (including phenoxy) is 1. The number of furan rings is 1. The Balaban J connectivity index is 1.81. The second kappa shape index (κ2) is 6.39. The summed E-state index contributed by atoms with van der Waals surface area (Å²) in [6.07, 6.45) is 1.55. The fourth-order valence-corrected chi connectivity index (χ4v) is 2.41. The molecular formula is C17H17N3O3. The summed E-state index contributed by atoms with van der Waals surface area (Å²) in [5, 5.41) is 9.89. The standard InChI is InChI=1S/C17H17N3O3/c1-11-15(16(20-19-11)14-8-5-9-23-14)17(21)18-10-12-6-3-4-7-13(12)22-2/h3-9H,10H2,1-2H3,(H,18,21)(H,19,20). The van der Waals surface area contributed by atoms with E-state index in [2.05, 4.69) is 15.5 Å². The van der Waals surface area contributed by atoms with Crippen molar-refractivity contribution >= 4 is 5.91 Å². The molecule has 118 valence electrons. The van der Waals surface area contributed by atoms with Crippen molar-refractivity contribution in [2.45, 2.75) is 13.5 Å². The van der Waals surface area contributed by atoms with Gasteiger partial charge >= 0.3 is 0 Å². The first kappa shape index (κ1) is 14.9. The number of benzene rings is 1. The molecule has 6 heteroatoms. The zero-order chi connectivity index (χ0) is 16.2. The van der Waals surface area contributed by atoms with Gasteiger partial charge in [-0.3, -0.25) is 9.89 Å². The normalized spacial score (nSPS) is 10.5. The van der Waals surface area contributed by atoms with Gasteiger partial charge in [-0.2, -0.15) is 5.10 Å². The number of rotatable bonds is 5. The lowest BCUT2D eigenvalue weighted by Gasteiger charge is -2.09. The monoisotopic (exact) mass is 311 g/mol. The molecule has 0 unspecified atom stereocenters. The predicted octanol–water partition coefficient (Wildman–Crippen LogP) is 2.92. The van der Waals surface area contributed by atoms with E-state index in [1.54, 1.807) is 32.4 Å². The number of nitrogens with zero attached hydrogens (tertiary/aromatic N) is 1. The van der Waals surface area contributed by atoms with E-state index >= 15 is 0 Å². The molecule has 0 saturated heterocycles. The van der Waals surface area contributed by atoms with Gasteiger partial charge in [-0.15, -0.1) is 0 Å². The lowest BCUT2D eigenvalue weighted by Crippen LogP contribution is -2.24. The first-order chi connectivity index (χ1) is 11.2. The highest BCUT2D eigenvalue weighted by molar-refractivity contribution is 6.00. The van der Waals surface area contributed by atoms with Crippen LogP contribution in [0.1, 0.15) is 21.6 Å². The molecule has 0 atom stereocenters. The van der Waals surface area contributed by atoms with Crippen molar-refractivity contribution in [2.75, 3.05) is 7.11 Å². The van der Waals surface area contributed by atoms with Crippen molar-refractivity contribution in [3.63, 3.8) is 0 Å². The molecule has 2 N–H and O–H groups in total. The maximum absolute atomic E-state index is 12.6. The molecule has 1 aromatic carbocycles. The van der Waals surface area contributed by atoms with Gasteiger partial charge in [0.2, 0.25) is 0 Å². The number of aromatic nitrogens is 2. The average Bonchev–Trinajstić information content (AvgIpc) is 3.22. The topological polar surface area (TPSA) is 80.2 Å². The van der Waals surface area contributed by atoms with E-state index in [1.165, 1.54) is 0 Å². The fraction of sp³-hybridized carbons (Fsp3) is 0.176. The summed E-state index contributed by atoms with van der Waals surface area (Å²) < 4.78 is 10.6. The average molecular weight is 311 g/mol. The first-order valence-electron chi connectivity index (χ1n) is 7.19. The molecule has 0 aliphatic carbocycles. The number of carbonyl (C=O) groups excluding carboxylic acids is 1. The first-order valence-corrected chi connectivity index (χ1v) is 7.19. The maximum Gasteiger partial charge on any atom is 0.255 e. The largest absolute Gasteiger partial charge is 0.496 e. The third-order valence-corrected chi connectivity index (χ3v) is 3.56. The molecule has 0 aliphatic rings. The number of carbonyl (C=O) groups is 1. The minimum atomic E-state index is -0.214. The highest BCUT2D eigenvalue weighted by Crippen LogP contribution is 2.24. The van der Waals surface area contributed by atoms with Crippen LogP contribution in [0.5, 0.6) is 5.75 Å². The Bertz CT molecular complexity index is 806. The van der Waals surface area contributed by atoms with Crippen LogP contribution in [-0.2, 0) is 6.54 Å². The summed E-state index contributed by atoms with van der Waals surface area (Å²) in [6.45, 7) is 2.17. The molecule has 0 fully saturated rings. The number of H-pyrrole nitrogens is 1. The summed E-state index contributed by atoms with van der Waals surface area (Å²) in [5.41, 5.74) is 2.58. The minimum Gasteiger partial charge on any atom is -0.496 e. The van der Waals surface area contributed by atoms with Gasteiger partial charge in [0.05, 0.1) is 18.9 Å². The Morgan fingerprint density at radius 3 is 2.87 bits per heavy atom. The molecule has 2 heterocycles. The van der Waals surface area contributed by atoms with Crippen LogP contribution in [0.3, 0.4) is 0 Å². The van der Waals surface area contributed by atoms with Crippen molar-refractivity contribution < 1.29 is 13.9 Å². The maximum atomic E-state index is 12.6. The van der Waals surface area contributed by atoms with E-state index in [0.717, 1.165) is 11.3 Å². The molecule has 3 aromatic rings. The van der Waals surface area contributed by atoms with Crippen molar-refractivity contribution in [3.8, 4) is 17.2 Å². The molecule has 0 aliphatic heterocycles. The van der Waals surface area contributed by atoms with Crippen LogP contribution < -0.4 is 10.1 Å². The van der Waals surface area contributed by atoms with E-state index in [0.29, 0.717) is 29.3 Å². The summed E-state index contributed by atoms with van der Waals surface area (Å²) in [7, 11) is 1.61. The molecule has 1 amide bonds. The number of hydrogen-bond acceptors (Lipinski definition) is 4. The minimum absolute atomic E-state index is 0.214. The number of methoxy groups -OCH3 is 1. The van der Waals surface area contributed by atoms with Gasteiger partial charge in [0.1, 0.15) is 11.4 Å². The van der Waals surface area contributed by atoms with E-state index < -0.39 is 0 Å². The number of hydrogen-bond donors (Lipinski definition) is 2. The smallest absolute Gasteiger partial charge is 0.255 e. The molecule has 0 radical (unpaired) electrons. The summed E-state index contributed by atoms with van der Waals surface area (Å²) in [6, 6.07) is 11.1. The Labute approximate surface area is 133 Å². The van der Waals surface area contributed by atoms with Crippen LogP contribution in [0.2, 0.25) is 0 Å². The molecule has 0 spiro atoms. The van der Waals surface area contributed by atoms with Crippen molar-refractivity contribution in [3.05, 3.63) is 59.5 Å². The van der Waals surface area contributed by atoms with Crippen LogP contribution in [0.15, 0.2) is 47.1 Å². The van der Waals surface area contributed by atoms with Crippen LogP contribution in [0.25, 0.3) is 11.5 Å². The van der Waals surface area contributed by atoms with E-state index in [9.17, 15) is 4.79 Å². The van der Waals surface area contributed by atoms with Gasteiger partial charge < -0.3 is 14.5 Å². The van der Waals surface area contributed by atoms with Gasteiger partial charge in [-0.1, -0.05) is 18.2 Å². The molecular weight excluding hydrogens is 294 g/mol. The SMILES string of the molecule is COc1ccccc1CNC(=O)c1c(-c2ccco2)n[nH]c1C. The van der Waals surface area contributed by atoms with Crippen LogP contribution in [0, 0.1) is 6.92 Å². The number of aromatic amines is 1. The van der Waals surface area contributed by atoms with E-state index in [1.807, 2.05) is 24.3 Å². The van der Waals surface area contributed by atoms with Gasteiger partial charge in [0, 0.05) is 17.8 Å². The van der Waals surface area contributed by atoms with Gasteiger partial charge in [-0.05, 0) is 25.1 Å². The second-order valence-corrected chi connectivity index (χ2v) is 5.04. The molecule has 0 saturated carbocycles. The zero-order valence-corrected chi connectivity index (χ0v) is 12.9. The Morgan fingerprint density at radius 1 is 1.30 bits per heavy atom. The third-order valence-electron chi connectivity index (χ3n) is 3.56. The summed E-state index contributed by atoms with van der Waals surface area (Å²) in [4.78, 5) is 12.6. The van der Waals surface area contributed by atoms with Crippen LogP contribution in [-0.4, -0.2) is 23.2 Å². The molecule has 23 heavy (non-hydrogen) atoms. The molecule has 6 nitrogen and oxygen atoms in total. The van der Waals surface area contributed by atoms with Crippen LogP contribution in [0.4, 0.5) is 0 Å². The Kier molecular flexibility index (Phi) is 4.14. The highest BCUT2D eigenvalue weighted by atomic mass is 16.5. The fourth-order valence-electron chi connectivity index (χ4n) is 2.41. The lowest BCUT2D eigenvalue weighted by atomic mass is 10.1.